The fourth-order valence-electron chi connectivity index (χ4n) is 2.61. The second-order valence-electron chi connectivity index (χ2n) is 5.64. The third-order valence-corrected chi connectivity index (χ3v) is 4.76. The topological polar surface area (TPSA) is 144 Å². The molecule has 0 unspecified atom stereocenters. The molecule has 0 bridgehead atoms. The second-order valence-corrected chi connectivity index (χ2v) is 6.50. The number of primary amides is 1. The Kier molecular flexibility index (Phi) is 4.74. The highest BCUT2D eigenvalue weighted by Gasteiger charge is 2.20. The molecule has 2 amide bonds. The van der Waals surface area contributed by atoms with Crippen molar-refractivity contribution in [3.05, 3.63) is 57.0 Å². The van der Waals surface area contributed by atoms with Crippen molar-refractivity contribution in [3.63, 3.8) is 0 Å². The minimum atomic E-state index is -1.24. The molecule has 3 aromatic rings. The van der Waals surface area contributed by atoms with E-state index < -0.39 is 29.9 Å². The Morgan fingerprint density at radius 1 is 1.26 bits per heavy atom. The van der Waals surface area contributed by atoms with Gasteiger partial charge in [0.25, 0.3) is 11.5 Å². The molecule has 9 nitrogen and oxygen atoms in total. The number of aromatic carboxylic acids is 1. The number of hydrogen-bond acceptors (Lipinski definition) is 6. The highest BCUT2D eigenvalue weighted by Crippen LogP contribution is 2.21. The summed E-state index contributed by atoms with van der Waals surface area (Å²) >= 11 is 1.05. The normalized spacial score (nSPS) is 10.7. The first-order valence-electron chi connectivity index (χ1n) is 7.70. The molecular weight excluding hydrogens is 372 g/mol. The summed E-state index contributed by atoms with van der Waals surface area (Å²) in [5, 5.41) is 13.1. The Hall–Kier alpha value is -3.53. The third-order valence-electron chi connectivity index (χ3n) is 3.88. The van der Waals surface area contributed by atoms with Crippen molar-refractivity contribution in [1.29, 1.82) is 0 Å². The number of amides is 2. The molecule has 0 saturated carbocycles. The number of nitrogens with two attached hydrogens (primary N) is 1. The van der Waals surface area contributed by atoms with E-state index in [0.29, 0.717) is 4.83 Å². The van der Waals surface area contributed by atoms with Crippen LogP contribution in [-0.4, -0.2) is 32.4 Å². The molecule has 0 fully saturated rings. The highest BCUT2D eigenvalue weighted by molar-refractivity contribution is 7.17. The van der Waals surface area contributed by atoms with E-state index in [1.807, 2.05) is 0 Å². The molecule has 27 heavy (non-hydrogen) atoms. The van der Waals surface area contributed by atoms with Crippen molar-refractivity contribution < 1.29 is 19.5 Å². The number of aryl methyl sites for hydroxylation is 1. The number of benzene rings is 1. The maximum atomic E-state index is 12.7. The molecule has 0 aliphatic rings. The first-order chi connectivity index (χ1) is 12.8. The number of rotatable bonds is 5. The van der Waals surface area contributed by atoms with Crippen LogP contribution in [0.15, 0.2) is 34.4 Å². The van der Waals surface area contributed by atoms with Gasteiger partial charge in [0.1, 0.15) is 17.2 Å². The second kappa shape index (κ2) is 7.00. The van der Waals surface area contributed by atoms with Gasteiger partial charge in [-0.05, 0) is 19.1 Å². The summed E-state index contributed by atoms with van der Waals surface area (Å²) in [6.07, 6.45) is 0. The van der Waals surface area contributed by atoms with Crippen molar-refractivity contribution in [3.8, 4) is 0 Å². The van der Waals surface area contributed by atoms with Crippen LogP contribution in [0.25, 0.3) is 10.2 Å². The molecule has 0 saturated heterocycles. The Bertz CT molecular complexity index is 1150. The van der Waals surface area contributed by atoms with Crippen molar-refractivity contribution in [2.75, 3.05) is 5.32 Å². The van der Waals surface area contributed by atoms with Crippen molar-refractivity contribution in [2.45, 2.75) is 13.5 Å². The number of carbonyl (C=O) groups excluding carboxylic acids is 2. The van der Waals surface area contributed by atoms with E-state index in [1.165, 1.54) is 17.5 Å². The number of carboxylic acids is 1. The number of hydrogen-bond donors (Lipinski definition) is 3. The van der Waals surface area contributed by atoms with Gasteiger partial charge >= 0.3 is 5.97 Å². The summed E-state index contributed by atoms with van der Waals surface area (Å²) in [4.78, 5) is 52.3. The number of nitrogens with zero attached hydrogens (tertiary/aromatic N) is 2. The molecule has 1 aromatic carbocycles. The van der Waals surface area contributed by atoms with Crippen LogP contribution >= 0.6 is 11.3 Å². The summed E-state index contributed by atoms with van der Waals surface area (Å²) in [7, 11) is 0. The molecule has 0 aliphatic heterocycles. The Morgan fingerprint density at radius 2 is 1.96 bits per heavy atom. The summed E-state index contributed by atoms with van der Waals surface area (Å²) < 4.78 is 1.09. The van der Waals surface area contributed by atoms with Gasteiger partial charge in [-0.3, -0.25) is 19.0 Å². The number of para-hydroxylation sites is 1. The van der Waals surface area contributed by atoms with Crippen LogP contribution in [0.5, 0.6) is 0 Å². The molecule has 0 spiro atoms. The van der Waals surface area contributed by atoms with Gasteiger partial charge in [0.15, 0.2) is 0 Å². The number of carbonyl (C=O) groups is 3. The lowest BCUT2D eigenvalue weighted by Crippen LogP contribution is -2.31. The summed E-state index contributed by atoms with van der Waals surface area (Å²) in [6, 6.07) is 6.20. The van der Waals surface area contributed by atoms with Gasteiger partial charge in [-0.2, -0.15) is 0 Å². The summed E-state index contributed by atoms with van der Waals surface area (Å²) in [5.41, 5.74) is 4.86. The quantitative estimate of drug-likeness (QED) is 0.601. The van der Waals surface area contributed by atoms with E-state index in [4.69, 9.17) is 5.73 Å². The Morgan fingerprint density at radius 3 is 2.63 bits per heavy atom. The van der Waals surface area contributed by atoms with Gasteiger partial charge in [0.05, 0.1) is 22.2 Å². The zero-order valence-corrected chi connectivity index (χ0v) is 14.9. The first-order valence-corrected chi connectivity index (χ1v) is 8.58. The number of nitrogens with one attached hydrogen (secondary N) is 1. The maximum Gasteiger partial charge on any atom is 0.337 e. The predicted molar refractivity (Wildman–Crippen MR) is 99.2 cm³/mol. The Labute approximate surface area is 156 Å². The molecule has 10 heteroatoms. The average molecular weight is 386 g/mol. The zero-order chi connectivity index (χ0) is 19.7. The molecular formula is C17H14N4O5S. The number of fused-ring (bicyclic) bond motifs is 1. The van der Waals surface area contributed by atoms with Gasteiger partial charge in [-0.1, -0.05) is 12.1 Å². The monoisotopic (exact) mass is 386 g/mol. The fraction of sp³-hybridized carbons (Fsp3) is 0.118. The summed E-state index contributed by atoms with van der Waals surface area (Å²) in [6.45, 7) is 1.15. The first kappa shape index (κ1) is 18.3. The van der Waals surface area contributed by atoms with E-state index in [0.717, 1.165) is 15.9 Å². The van der Waals surface area contributed by atoms with Crippen LogP contribution in [0.2, 0.25) is 0 Å². The van der Waals surface area contributed by atoms with Crippen LogP contribution in [0.4, 0.5) is 5.69 Å². The molecule has 0 atom stereocenters. The molecule has 4 N–H and O–H groups in total. The van der Waals surface area contributed by atoms with Gasteiger partial charge in [-0.15, -0.1) is 11.3 Å². The van der Waals surface area contributed by atoms with Gasteiger partial charge in [0, 0.05) is 5.38 Å². The fourth-order valence-corrected chi connectivity index (χ4v) is 3.56. The summed E-state index contributed by atoms with van der Waals surface area (Å²) in [5.74, 6) is -2.26. The SMILES string of the molecule is Cc1nc2scc(C(=O)O)c2c(=O)n1CC(=O)Nc1ccccc1C(N)=O. The lowest BCUT2D eigenvalue weighted by Gasteiger charge is -2.12. The van der Waals surface area contributed by atoms with Crippen LogP contribution in [-0.2, 0) is 11.3 Å². The number of carboxylic acid groups (broad SMARTS) is 1. The van der Waals surface area contributed by atoms with Crippen LogP contribution < -0.4 is 16.6 Å². The smallest absolute Gasteiger partial charge is 0.337 e. The molecule has 2 heterocycles. The van der Waals surface area contributed by atoms with Gasteiger partial charge < -0.3 is 16.2 Å². The number of aromatic nitrogens is 2. The van der Waals surface area contributed by atoms with E-state index in [1.54, 1.807) is 19.1 Å². The standard InChI is InChI=1S/C17H14N4O5S/c1-8-19-15-13(10(7-27-15)17(25)26)16(24)21(8)6-12(22)20-11-5-3-2-4-9(11)14(18)23/h2-5,7H,6H2,1H3,(H2,18,23)(H,20,22)(H,25,26). The van der Waals surface area contributed by atoms with Crippen molar-refractivity contribution >= 4 is 45.0 Å². The number of anilines is 1. The zero-order valence-electron chi connectivity index (χ0n) is 14.1. The minimum absolute atomic E-state index is 0.0385. The molecule has 3 rings (SSSR count). The van der Waals surface area contributed by atoms with Crippen molar-refractivity contribution in [2.24, 2.45) is 5.73 Å². The van der Waals surface area contributed by atoms with E-state index >= 15 is 0 Å². The highest BCUT2D eigenvalue weighted by atomic mass is 32.1. The average Bonchev–Trinajstić information content (AvgIpc) is 3.03. The van der Waals surface area contributed by atoms with Gasteiger partial charge in [-0.25, -0.2) is 9.78 Å². The Balaban J connectivity index is 1.96. The van der Waals surface area contributed by atoms with Crippen LogP contribution in [0, 0.1) is 6.92 Å². The van der Waals surface area contributed by atoms with Crippen LogP contribution in [0.1, 0.15) is 26.5 Å². The minimum Gasteiger partial charge on any atom is -0.478 e. The van der Waals surface area contributed by atoms with Crippen LogP contribution in [0.3, 0.4) is 0 Å². The molecule has 138 valence electrons. The van der Waals surface area contributed by atoms with Gasteiger partial charge in [0.2, 0.25) is 5.91 Å². The largest absolute Gasteiger partial charge is 0.478 e. The maximum absolute atomic E-state index is 12.7. The predicted octanol–water partition coefficient (Wildman–Crippen LogP) is 1.20. The lowest BCUT2D eigenvalue weighted by molar-refractivity contribution is -0.116. The molecule has 2 aromatic heterocycles. The third kappa shape index (κ3) is 3.42. The van der Waals surface area contributed by atoms with E-state index in [2.05, 4.69) is 10.3 Å². The van der Waals surface area contributed by atoms with E-state index in [9.17, 15) is 24.3 Å². The molecule has 0 radical (unpaired) electrons. The lowest BCUT2D eigenvalue weighted by atomic mass is 10.1. The number of thiophene rings is 1. The van der Waals surface area contributed by atoms with E-state index in [-0.39, 0.29) is 28.0 Å². The van der Waals surface area contributed by atoms with Crippen molar-refractivity contribution in [1.82, 2.24) is 9.55 Å². The molecule has 0 aliphatic carbocycles.